The van der Waals surface area contributed by atoms with E-state index in [1.807, 2.05) is 32.0 Å². The second kappa shape index (κ2) is 10.5. The van der Waals surface area contributed by atoms with Gasteiger partial charge in [-0.15, -0.1) is 0 Å². The summed E-state index contributed by atoms with van der Waals surface area (Å²) >= 11 is 0. The van der Waals surface area contributed by atoms with Gasteiger partial charge in [-0.1, -0.05) is 19.9 Å². The number of hydrogen-bond donors (Lipinski definition) is 2. The molecule has 1 aliphatic rings. The maximum atomic E-state index is 12.5. The minimum atomic E-state index is -4.37. The summed E-state index contributed by atoms with van der Waals surface area (Å²) in [6.07, 6.45) is -1.73. The highest BCUT2D eigenvalue weighted by Crippen LogP contribution is 2.31. The van der Waals surface area contributed by atoms with Gasteiger partial charge in [-0.05, 0) is 31.0 Å². The standard InChI is InChI=1S/C22H29F3N8O/c1-15(2)17-18-19(33(31-17)12-13-34-14-22(23,24)25)20(28-16-6-3-4-8-27-16)30-21(29-18)32-10-5-7-26-9-11-32/h3-4,6,8,15,26H,5,7,9-14H2,1-2H3,(H,27,28,29,30). The molecule has 4 rings (SSSR count). The number of hydrogen-bond acceptors (Lipinski definition) is 8. The molecular weight excluding hydrogens is 449 g/mol. The average Bonchev–Trinajstić information content (AvgIpc) is 2.96. The number of rotatable bonds is 8. The molecule has 0 aliphatic carbocycles. The first kappa shape index (κ1) is 24.1. The topological polar surface area (TPSA) is 93.0 Å². The highest BCUT2D eigenvalue weighted by Gasteiger charge is 2.28. The molecule has 0 bridgehead atoms. The predicted octanol–water partition coefficient (Wildman–Crippen LogP) is 3.47. The SMILES string of the molecule is CC(C)c1nn(CCOCC(F)(F)F)c2c(Nc3ccccn3)nc(N3CCCNCC3)nc12. The summed E-state index contributed by atoms with van der Waals surface area (Å²) in [4.78, 5) is 16.2. The van der Waals surface area contributed by atoms with Crippen LogP contribution in [0.1, 0.15) is 31.9 Å². The Morgan fingerprint density at radius 2 is 2.03 bits per heavy atom. The van der Waals surface area contributed by atoms with Crippen LogP contribution in [0, 0.1) is 0 Å². The van der Waals surface area contributed by atoms with Crippen LogP contribution < -0.4 is 15.5 Å². The quantitative estimate of drug-likeness (QED) is 0.476. The van der Waals surface area contributed by atoms with E-state index in [1.165, 1.54) is 0 Å². The number of fused-ring (bicyclic) bond motifs is 1. The lowest BCUT2D eigenvalue weighted by molar-refractivity contribution is -0.174. The summed E-state index contributed by atoms with van der Waals surface area (Å²) in [6.45, 7) is 6.06. The van der Waals surface area contributed by atoms with Gasteiger partial charge in [0.2, 0.25) is 5.95 Å². The Bertz CT molecular complexity index is 1080. The lowest BCUT2D eigenvalue weighted by Crippen LogP contribution is -2.29. The van der Waals surface area contributed by atoms with Crippen LogP contribution in [0.5, 0.6) is 0 Å². The molecule has 0 spiro atoms. The van der Waals surface area contributed by atoms with E-state index in [0.29, 0.717) is 28.6 Å². The third kappa shape index (κ3) is 5.92. The van der Waals surface area contributed by atoms with Crippen molar-refractivity contribution in [3.05, 3.63) is 30.1 Å². The van der Waals surface area contributed by atoms with Crippen LogP contribution >= 0.6 is 0 Å². The largest absolute Gasteiger partial charge is 0.411 e. The monoisotopic (exact) mass is 478 g/mol. The smallest absolute Gasteiger partial charge is 0.370 e. The van der Waals surface area contributed by atoms with Crippen LogP contribution in [0.15, 0.2) is 24.4 Å². The summed E-state index contributed by atoms with van der Waals surface area (Å²) in [5.41, 5.74) is 2.04. The molecule has 0 atom stereocenters. The number of aromatic nitrogens is 5. The van der Waals surface area contributed by atoms with Crippen LogP contribution in [0.4, 0.5) is 30.8 Å². The molecule has 184 valence electrons. The molecular formula is C22H29F3N8O. The fraction of sp³-hybridized carbons (Fsp3) is 0.545. The van der Waals surface area contributed by atoms with E-state index in [4.69, 9.17) is 19.8 Å². The van der Waals surface area contributed by atoms with Gasteiger partial charge < -0.3 is 20.3 Å². The molecule has 34 heavy (non-hydrogen) atoms. The Hall–Kier alpha value is -2.99. The normalized spacial score (nSPS) is 15.2. The van der Waals surface area contributed by atoms with Crippen LogP contribution in [-0.2, 0) is 11.3 Å². The molecule has 0 unspecified atom stereocenters. The second-order valence-electron chi connectivity index (χ2n) is 8.43. The van der Waals surface area contributed by atoms with Crippen molar-refractivity contribution in [1.29, 1.82) is 0 Å². The number of halogens is 3. The lowest BCUT2D eigenvalue weighted by Gasteiger charge is -2.21. The van der Waals surface area contributed by atoms with Crippen molar-refractivity contribution in [2.45, 2.75) is 38.9 Å². The second-order valence-corrected chi connectivity index (χ2v) is 8.43. The molecule has 0 radical (unpaired) electrons. The Kier molecular flexibility index (Phi) is 7.47. The molecule has 0 aromatic carbocycles. The number of pyridine rings is 1. The Labute approximate surface area is 195 Å². The van der Waals surface area contributed by atoms with Crippen molar-refractivity contribution >= 4 is 28.6 Å². The van der Waals surface area contributed by atoms with Crippen LogP contribution in [0.2, 0.25) is 0 Å². The van der Waals surface area contributed by atoms with Gasteiger partial charge in [0.15, 0.2) is 5.82 Å². The minimum absolute atomic E-state index is 0.0519. The maximum Gasteiger partial charge on any atom is 0.411 e. The van der Waals surface area contributed by atoms with Crippen molar-refractivity contribution in [3.63, 3.8) is 0 Å². The summed E-state index contributed by atoms with van der Waals surface area (Å²) < 4.78 is 44.0. The molecule has 3 aromatic rings. The first-order valence-electron chi connectivity index (χ1n) is 11.4. The summed E-state index contributed by atoms with van der Waals surface area (Å²) in [5, 5.41) is 11.3. The molecule has 3 aromatic heterocycles. The zero-order valence-electron chi connectivity index (χ0n) is 19.3. The van der Waals surface area contributed by atoms with E-state index < -0.39 is 12.8 Å². The van der Waals surface area contributed by atoms with E-state index in [-0.39, 0.29) is 19.1 Å². The van der Waals surface area contributed by atoms with Gasteiger partial charge >= 0.3 is 6.18 Å². The van der Waals surface area contributed by atoms with Gasteiger partial charge in [-0.2, -0.15) is 23.3 Å². The van der Waals surface area contributed by atoms with Crippen molar-refractivity contribution in [2.75, 3.05) is 49.6 Å². The van der Waals surface area contributed by atoms with Crippen molar-refractivity contribution in [1.82, 2.24) is 30.0 Å². The lowest BCUT2D eigenvalue weighted by atomic mass is 10.1. The van der Waals surface area contributed by atoms with Gasteiger partial charge in [0.1, 0.15) is 23.5 Å². The minimum Gasteiger partial charge on any atom is -0.370 e. The Morgan fingerprint density at radius 3 is 2.76 bits per heavy atom. The first-order chi connectivity index (χ1) is 16.3. The number of anilines is 3. The van der Waals surface area contributed by atoms with Crippen LogP contribution in [0.3, 0.4) is 0 Å². The summed E-state index contributed by atoms with van der Waals surface area (Å²) in [7, 11) is 0. The first-order valence-corrected chi connectivity index (χ1v) is 11.4. The number of nitrogens with zero attached hydrogens (tertiary/aromatic N) is 6. The van der Waals surface area contributed by atoms with Gasteiger partial charge in [0.25, 0.3) is 0 Å². The Morgan fingerprint density at radius 1 is 1.18 bits per heavy atom. The molecule has 12 heteroatoms. The summed E-state index contributed by atoms with van der Waals surface area (Å²) in [6, 6.07) is 5.49. The van der Waals surface area contributed by atoms with E-state index in [2.05, 4.69) is 20.5 Å². The number of ether oxygens (including phenoxy) is 1. The molecule has 1 fully saturated rings. The van der Waals surface area contributed by atoms with Gasteiger partial charge in [0.05, 0.1) is 18.8 Å². The third-order valence-corrected chi connectivity index (χ3v) is 5.40. The molecule has 0 amide bonds. The number of alkyl halides is 3. The molecule has 4 heterocycles. The Balaban J connectivity index is 1.75. The van der Waals surface area contributed by atoms with Crippen LogP contribution in [0.25, 0.3) is 11.0 Å². The fourth-order valence-electron chi connectivity index (χ4n) is 3.82. The molecule has 1 aliphatic heterocycles. The van der Waals surface area contributed by atoms with E-state index in [9.17, 15) is 13.2 Å². The van der Waals surface area contributed by atoms with Gasteiger partial charge in [-0.3, -0.25) is 4.68 Å². The average molecular weight is 479 g/mol. The predicted molar refractivity (Wildman–Crippen MR) is 124 cm³/mol. The molecule has 9 nitrogen and oxygen atoms in total. The van der Waals surface area contributed by atoms with Gasteiger partial charge in [0, 0.05) is 25.8 Å². The molecule has 1 saturated heterocycles. The van der Waals surface area contributed by atoms with Gasteiger partial charge in [-0.25, -0.2) is 9.97 Å². The maximum absolute atomic E-state index is 12.5. The highest BCUT2D eigenvalue weighted by atomic mass is 19.4. The van der Waals surface area contributed by atoms with E-state index >= 15 is 0 Å². The zero-order chi connectivity index (χ0) is 24.1. The molecule has 0 saturated carbocycles. The molecule has 2 N–H and O–H groups in total. The fourth-order valence-corrected chi connectivity index (χ4v) is 3.82. The highest BCUT2D eigenvalue weighted by molar-refractivity contribution is 5.90. The number of nitrogens with one attached hydrogen (secondary N) is 2. The third-order valence-electron chi connectivity index (χ3n) is 5.40. The summed E-state index contributed by atoms with van der Waals surface area (Å²) in [5.74, 6) is 1.74. The van der Waals surface area contributed by atoms with E-state index in [1.54, 1.807) is 10.9 Å². The zero-order valence-corrected chi connectivity index (χ0v) is 19.3. The van der Waals surface area contributed by atoms with E-state index in [0.717, 1.165) is 38.3 Å². The van der Waals surface area contributed by atoms with Crippen molar-refractivity contribution in [2.24, 2.45) is 0 Å². The van der Waals surface area contributed by atoms with Crippen molar-refractivity contribution in [3.8, 4) is 0 Å². The van der Waals surface area contributed by atoms with Crippen LogP contribution in [-0.4, -0.2) is 70.3 Å². The van der Waals surface area contributed by atoms with Crippen molar-refractivity contribution < 1.29 is 17.9 Å².